The van der Waals surface area contributed by atoms with E-state index < -0.39 is 5.60 Å². The molecule has 0 bridgehead atoms. The highest BCUT2D eigenvalue weighted by Gasteiger charge is 2.63. The lowest BCUT2D eigenvalue weighted by atomic mass is 9.49. The Bertz CT molecular complexity index is 1530. The van der Waals surface area contributed by atoms with Crippen molar-refractivity contribution in [1.29, 1.82) is 0 Å². The maximum Gasteiger partial charge on any atom is 0.155 e. The van der Waals surface area contributed by atoms with Crippen LogP contribution in [0.2, 0.25) is 5.02 Å². The minimum Gasteiger partial charge on any atom is -0.488 e. The van der Waals surface area contributed by atoms with E-state index in [0.29, 0.717) is 51.8 Å². The highest BCUT2D eigenvalue weighted by Crippen LogP contribution is 2.66. The number of ether oxygens (including phenoxy) is 1. The summed E-state index contributed by atoms with van der Waals surface area (Å²) in [5, 5.41) is 14.8. The fraction of sp³-hybridized carbons (Fsp3) is 0.526. The Labute approximate surface area is 278 Å². The number of fused-ring (bicyclic) bond motifs is 5. The van der Waals surface area contributed by atoms with E-state index in [1.54, 1.807) is 12.3 Å². The number of rotatable bonds is 6. The van der Waals surface area contributed by atoms with Crippen molar-refractivity contribution in [3.8, 4) is 18.1 Å². The smallest absolute Gasteiger partial charge is 0.155 e. The lowest BCUT2D eigenvalue weighted by Crippen LogP contribution is -2.53. The molecular formula is C38H46ClNO4S. The van der Waals surface area contributed by atoms with Gasteiger partial charge in [0.2, 0.25) is 0 Å². The van der Waals surface area contributed by atoms with Gasteiger partial charge < -0.3 is 19.6 Å². The van der Waals surface area contributed by atoms with Crippen LogP contribution in [0.5, 0.6) is 5.75 Å². The highest BCUT2D eigenvalue weighted by atomic mass is 35.5. The number of hydrogen-bond acceptors (Lipinski definition) is 5. The van der Waals surface area contributed by atoms with Crippen molar-refractivity contribution < 1.29 is 19.1 Å². The van der Waals surface area contributed by atoms with Crippen molar-refractivity contribution in [2.45, 2.75) is 91.1 Å². The minimum atomic E-state index is -0.893. The first-order valence-corrected chi connectivity index (χ1v) is 17.1. The molecule has 5 nitrogen and oxygen atoms in total. The number of benzene rings is 1. The average molecular weight is 648 g/mol. The van der Waals surface area contributed by atoms with Gasteiger partial charge >= 0.3 is 0 Å². The number of thiocarbonyl (C=S) groups is 1. The van der Waals surface area contributed by atoms with E-state index in [0.717, 1.165) is 62.0 Å². The number of carbonyl (C=O) groups is 1. The Morgan fingerprint density at radius 2 is 2.00 bits per heavy atom. The van der Waals surface area contributed by atoms with Gasteiger partial charge in [-0.05, 0) is 126 Å². The second-order valence-corrected chi connectivity index (χ2v) is 14.3. The quantitative estimate of drug-likeness (QED) is 0.185. The third-order valence-electron chi connectivity index (χ3n) is 11.0. The first-order chi connectivity index (χ1) is 21.5. The van der Waals surface area contributed by atoms with Crippen molar-refractivity contribution >= 4 is 40.3 Å². The number of aliphatic hydroxyl groups is 1. The molecule has 6 atom stereocenters. The molecule has 240 valence electrons. The lowest BCUT2D eigenvalue weighted by molar-refractivity contribution is -0.117. The van der Waals surface area contributed by atoms with Crippen LogP contribution < -0.4 is 10.1 Å². The number of allylic oxidation sites excluding steroid dienone is 2. The minimum absolute atomic E-state index is 0.0609. The van der Waals surface area contributed by atoms with Crippen molar-refractivity contribution in [2.24, 2.45) is 29.1 Å². The SMILES string of the molecule is C#C[C@]1(O)CC[C@H]2[C@@H]3CCC4=CC(=O)CC[C@@H]4[C@H]3CC[C@@]21CC.CC(C)=CCOc1cc(NC(=S)c2ccoc2C)ccc1Cl. The highest BCUT2D eigenvalue weighted by molar-refractivity contribution is 7.81. The summed E-state index contributed by atoms with van der Waals surface area (Å²) in [7, 11) is 0. The van der Waals surface area contributed by atoms with Crippen molar-refractivity contribution in [1.82, 2.24) is 0 Å². The Morgan fingerprint density at radius 3 is 2.69 bits per heavy atom. The predicted molar refractivity (Wildman–Crippen MR) is 186 cm³/mol. The molecule has 1 aromatic heterocycles. The predicted octanol–water partition coefficient (Wildman–Crippen LogP) is 9.26. The first-order valence-electron chi connectivity index (χ1n) is 16.4. The van der Waals surface area contributed by atoms with E-state index in [1.165, 1.54) is 24.0 Å². The summed E-state index contributed by atoms with van der Waals surface area (Å²) in [5.74, 6) is 7.14. The van der Waals surface area contributed by atoms with Gasteiger partial charge in [-0.15, -0.1) is 6.42 Å². The summed E-state index contributed by atoms with van der Waals surface area (Å²) < 4.78 is 10.9. The summed E-state index contributed by atoms with van der Waals surface area (Å²) in [6.07, 6.45) is 20.5. The number of halogens is 1. The molecule has 1 heterocycles. The summed E-state index contributed by atoms with van der Waals surface area (Å²) in [6, 6.07) is 7.32. The first kappa shape index (κ1) is 33.5. The monoisotopic (exact) mass is 647 g/mol. The number of terminal acetylenes is 1. The number of ketones is 1. The summed E-state index contributed by atoms with van der Waals surface area (Å²) in [6.45, 7) is 8.62. The number of carbonyl (C=O) groups excluding carboxylic acids is 1. The molecule has 0 unspecified atom stereocenters. The zero-order chi connectivity index (χ0) is 32.4. The van der Waals surface area contributed by atoms with E-state index in [2.05, 4.69) is 18.2 Å². The molecule has 0 radical (unpaired) electrons. The van der Waals surface area contributed by atoms with Crippen molar-refractivity contribution in [3.05, 3.63) is 70.2 Å². The van der Waals surface area contributed by atoms with Crippen LogP contribution in [0.3, 0.4) is 0 Å². The molecule has 0 saturated heterocycles. The Balaban J connectivity index is 0.000000178. The molecule has 4 aliphatic carbocycles. The van der Waals surface area contributed by atoms with Crippen LogP contribution in [-0.2, 0) is 4.79 Å². The van der Waals surface area contributed by atoms with Crippen LogP contribution >= 0.6 is 23.8 Å². The van der Waals surface area contributed by atoms with Gasteiger partial charge in [0, 0.05) is 23.6 Å². The van der Waals surface area contributed by atoms with Gasteiger partial charge in [0.05, 0.1) is 16.8 Å². The van der Waals surface area contributed by atoms with Gasteiger partial charge in [-0.2, -0.15) is 0 Å². The van der Waals surface area contributed by atoms with Crippen molar-refractivity contribution in [3.63, 3.8) is 0 Å². The molecule has 6 rings (SSSR count). The fourth-order valence-corrected chi connectivity index (χ4v) is 9.27. The van der Waals surface area contributed by atoms with Crippen LogP contribution in [0, 0.1) is 48.4 Å². The number of nitrogens with one attached hydrogen (secondary N) is 1. The zero-order valence-electron chi connectivity index (χ0n) is 27.0. The molecule has 3 fully saturated rings. The molecule has 4 aliphatic rings. The molecule has 0 aliphatic heterocycles. The van der Waals surface area contributed by atoms with E-state index in [-0.39, 0.29) is 5.41 Å². The van der Waals surface area contributed by atoms with Crippen LogP contribution in [-0.4, -0.2) is 28.1 Å². The second-order valence-electron chi connectivity index (χ2n) is 13.5. The third kappa shape index (κ3) is 6.68. The summed E-state index contributed by atoms with van der Waals surface area (Å²) >= 11 is 11.5. The fourth-order valence-electron chi connectivity index (χ4n) is 8.77. The van der Waals surface area contributed by atoms with E-state index in [4.69, 9.17) is 39.4 Å². The van der Waals surface area contributed by atoms with Crippen LogP contribution in [0.1, 0.15) is 89.9 Å². The van der Waals surface area contributed by atoms with Crippen LogP contribution in [0.4, 0.5) is 5.69 Å². The van der Waals surface area contributed by atoms with E-state index in [9.17, 15) is 9.90 Å². The second kappa shape index (κ2) is 13.9. The zero-order valence-corrected chi connectivity index (χ0v) is 28.5. The van der Waals surface area contributed by atoms with Gasteiger partial charge in [-0.1, -0.05) is 47.8 Å². The van der Waals surface area contributed by atoms with Crippen molar-refractivity contribution in [2.75, 3.05) is 11.9 Å². The Hall–Kier alpha value is -2.85. The molecule has 2 aromatic rings. The standard InChI is InChI=1S/C21H28O2.C17H18ClNO2S/c1-3-20-11-9-17-16-8-6-15(22)13-14(16)5-7-18(17)19(20)10-12-21(20,23)4-2;1-11(2)6-8-21-16-10-13(4-5-15(16)18)19-17(22)14-7-9-20-12(14)3/h2,13,16-19,23H,3,5-12H2,1H3;4-7,9-10H,8H2,1-3H3,(H,19,22)/t16-,17+,18+,19-,20-,21-;/m0./s1. The van der Waals surface area contributed by atoms with Crippen LogP contribution in [0.25, 0.3) is 0 Å². The molecule has 0 spiro atoms. The molecule has 1 aromatic carbocycles. The normalized spacial score (nSPS) is 29.9. The lowest BCUT2D eigenvalue weighted by Gasteiger charge is -2.55. The topological polar surface area (TPSA) is 71.7 Å². The Morgan fingerprint density at radius 1 is 1.20 bits per heavy atom. The molecule has 0 amide bonds. The summed E-state index contributed by atoms with van der Waals surface area (Å²) in [4.78, 5) is 12.4. The number of furan rings is 1. The molecule has 45 heavy (non-hydrogen) atoms. The van der Waals surface area contributed by atoms with Gasteiger partial charge in [-0.3, -0.25) is 4.79 Å². The number of hydrogen-bond donors (Lipinski definition) is 2. The van der Waals surface area contributed by atoms with E-state index >= 15 is 0 Å². The van der Waals surface area contributed by atoms with Gasteiger partial charge in [-0.25, -0.2) is 0 Å². The molecule has 7 heteroatoms. The van der Waals surface area contributed by atoms with Crippen LogP contribution in [0.15, 0.2) is 58.2 Å². The van der Waals surface area contributed by atoms with Gasteiger partial charge in [0.15, 0.2) is 5.78 Å². The largest absolute Gasteiger partial charge is 0.488 e. The molecular weight excluding hydrogens is 602 g/mol. The average Bonchev–Trinajstić information content (AvgIpc) is 3.59. The maximum absolute atomic E-state index is 11.8. The maximum atomic E-state index is 11.8. The Kier molecular flexibility index (Phi) is 10.3. The third-order valence-corrected chi connectivity index (χ3v) is 11.7. The van der Waals surface area contributed by atoms with Gasteiger partial charge in [0.1, 0.15) is 28.7 Å². The van der Waals surface area contributed by atoms with Gasteiger partial charge in [0.25, 0.3) is 0 Å². The number of anilines is 1. The molecule has 2 N–H and O–H groups in total. The molecule has 3 saturated carbocycles. The van der Waals surface area contributed by atoms with E-state index in [1.807, 2.05) is 51.1 Å². The number of aryl methyl sites for hydroxylation is 1. The summed E-state index contributed by atoms with van der Waals surface area (Å²) in [5.41, 5.74) is 3.36.